The summed E-state index contributed by atoms with van der Waals surface area (Å²) in [6, 6.07) is 0. The molecule has 0 atom stereocenters. The molecule has 0 aliphatic rings. The summed E-state index contributed by atoms with van der Waals surface area (Å²) in [5.74, 6) is -0.663. The van der Waals surface area contributed by atoms with Crippen LogP contribution in [0.25, 0.3) is 0 Å². The fraction of sp³-hybridized carbons (Fsp3) is 0.333. The highest BCUT2D eigenvalue weighted by Gasteiger charge is 2.06. The molecule has 0 heterocycles. The highest BCUT2D eigenvalue weighted by molar-refractivity contribution is 6.40. The van der Waals surface area contributed by atoms with Gasteiger partial charge in [-0.15, -0.1) is 0 Å². The first kappa shape index (κ1) is 9.64. The lowest BCUT2D eigenvalue weighted by atomic mass is 10.3. The van der Waals surface area contributed by atoms with Crippen LogP contribution in [0.2, 0.25) is 0 Å². The quantitative estimate of drug-likeness (QED) is 0.322. The zero-order valence-electron chi connectivity index (χ0n) is 6.42. The first-order chi connectivity index (χ1) is 5.07. The van der Waals surface area contributed by atoms with Crippen LogP contribution in [0, 0.1) is 0 Å². The molecule has 0 radical (unpaired) electrons. The first-order valence-electron chi connectivity index (χ1n) is 3.10. The van der Waals surface area contributed by atoms with Crippen LogP contribution < -0.4 is 22.2 Å². The van der Waals surface area contributed by atoms with Crippen LogP contribution in [0.3, 0.4) is 0 Å². The van der Waals surface area contributed by atoms with Crippen molar-refractivity contribution in [2.75, 3.05) is 13.6 Å². The summed E-state index contributed by atoms with van der Waals surface area (Å²) < 4.78 is 0. The lowest BCUT2D eigenvalue weighted by Crippen LogP contribution is -2.47. The maximum atomic E-state index is 10.4. The molecule has 0 aromatic carbocycles. The second-order valence-electron chi connectivity index (χ2n) is 2.07. The number of hydrogen-bond acceptors (Lipinski definition) is 3. The molecular formula is C6H13N4O+. The van der Waals surface area contributed by atoms with Gasteiger partial charge in [-0.3, -0.25) is 4.79 Å². The first-order valence-corrected chi connectivity index (χ1v) is 3.10. The van der Waals surface area contributed by atoms with Crippen LogP contribution >= 0.6 is 0 Å². The van der Waals surface area contributed by atoms with Gasteiger partial charge in [0.05, 0.1) is 0 Å². The topological polar surface area (TPSA) is 107 Å². The van der Waals surface area contributed by atoms with Crippen molar-refractivity contribution in [2.45, 2.75) is 0 Å². The van der Waals surface area contributed by atoms with Gasteiger partial charge in [0.15, 0.2) is 0 Å². The van der Waals surface area contributed by atoms with Crippen molar-refractivity contribution in [1.29, 1.82) is 0 Å². The summed E-state index contributed by atoms with van der Waals surface area (Å²) in [5.41, 5.74) is 10.7. The van der Waals surface area contributed by atoms with Crippen molar-refractivity contribution in [3.05, 3.63) is 11.8 Å². The van der Waals surface area contributed by atoms with Crippen molar-refractivity contribution >= 4 is 11.6 Å². The maximum absolute atomic E-state index is 10.4. The molecule has 0 saturated heterocycles. The monoisotopic (exact) mass is 157 g/mol. The minimum atomic E-state index is -0.663. The van der Waals surface area contributed by atoms with Gasteiger partial charge in [0.25, 0.3) is 5.71 Å². The number of nitrogens with one attached hydrogen (secondary N) is 1. The van der Waals surface area contributed by atoms with Gasteiger partial charge in [0.2, 0.25) is 0 Å². The molecular weight excluding hydrogens is 144 g/mol. The van der Waals surface area contributed by atoms with Crippen LogP contribution in [0.5, 0.6) is 0 Å². The molecule has 5 heteroatoms. The molecule has 0 bridgehead atoms. The Morgan fingerprint density at radius 2 is 2.18 bits per heavy atom. The number of nitrogens with two attached hydrogens (primary N) is 3. The van der Waals surface area contributed by atoms with E-state index in [2.05, 4.69) is 5.32 Å². The highest BCUT2D eigenvalue weighted by Crippen LogP contribution is 1.79. The Bertz CT molecular complexity index is 197. The summed E-state index contributed by atoms with van der Waals surface area (Å²) in [5, 5.41) is 8.00. The molecule has 0 rings (SSSR count). The minimum absolute atomic E-state index is 0.0299. The number of primary amides is 1. The third-order valence-electron chi connectivity index (χ3n) is 1.01. The average Bonchev–Trinajstić information content (AvgIpc) is 1.87. The van der Waals surface area contributed by atoms with Gasteiger partial charge in [-0.2, -0.15) is 0 Å². The molecule has 0 aromatic rings. The van der Waals surface area contributed by atoms with Gasteiger partial charge in [0, 0.05) is 18.3 Å². The molecule has 0 aromatic heterocycles. The van der Waals surface area contributed by atoms with Gasteiger partial charge >= 0.3 is 5.91 Å². The molecule has 0 aliphatic carbocycles. The summed E-state index contributed by atoms with van der Waals surface area (Å²) in [6.45, 7) is 0.480. The average molecular weight is 157 g/mol. The van der Waals surface area contributed by atoms with E-state index in [-0.39, 0.29) is 5.71 Å². The zero-order valence-corrected chi connectivity index (χ0v) is 6.42. The molecule has 1 amide bonds. The summed E-state index contributed by atoms with van der Waals surface area (Å²) >= 11 is 0. The van der Waals surface area contributed by atoms with Crippen LogP contribution in [0.15, 0.2) is 11.8 Å². The second kappa shape index (κ2) is 4.45. The Balaban J connectivity index is 4.08. The predicted octanol–water partition coefficient (Wildman–Crippen LogP) is -3.27. The molecule has 0 fully saturated rings. The fourth-order valence-corrected chi connectivity index (χ4v) is 0.526. The lowest BCUT2D eigenvalue weighted by molar-refractivity contribution is -0.133. The maximum Gasteiger partial charge on any atom is 0.312 e. The molecule has 0 saturated carbocycles. The molecule has 11 heavy (non-hydrogen) atoms. The van der Waals surface area contributed by atoms with E-state index in [0.717, 1.165) is 0 Å². The van der Waals surface area contributed by atoms with Gasteiger partial charge < -0.3 is 16.8 Å². The fourth-order valence-electron chi connectivity index (χ4n) is 0.526. The highest BCUT2D eigenvalue weighted by atomic mass is 16.1. The smallest absolute Gasteiger partial charge is 0.312 e. The summed E-state index contributed by atoms with van der Waals surface area (Å²) in [7, 11) is 1.74. The molecule has 5 nitrogen and oxygen atoms in total. The van der Waals surface area contributed by atoms with E-state index in [4.69, 9.17) is 16.9 Å². The Labute approximate surface area is 65.0 Å². The molecule has 62 valence electrons. The second-order valence-corrected chi connectivity index (χ2v) is 2.07. The van der Waals surface area contributed by atoms with Crippen molar-refractivity contribution < 1.29 is 10.2 Å². The Morgan fingerprint density at radius 3 is 2.55 bits per heavy atom. The number of carbonyl (C=O) groups excluding carboxylic acids is 1. The van der Waals surface area contributed by atoms with E-state index >= 15 is 0 Å². The SMILES string of the molecule is CNCC(N)=CC(=[NH2+])C(N)=O. The molecule has 0 aliphatic heterocycles. The van der Waals surface area contributed by atoms with Crippen LogP contribution in [0.4, 0.5) is 0 Å². The number of rotatable bonds is 4. The normalized spacial score (nSPS) is 11.2. The van der Waals surface area contributed by atoms with Gasteiger partial charge in [-0.1, -0.05) is 0 Å². The van der Waals surface area contributed by atoms with E-state index in [1.807, 2.05) is 0 Å². The molecule has 7 N–H and O–H groups in total. The third-order valence-corrected chi connectivity index (χ3v) is 1.01. The largest absolute Gasteiger partial charge is 0.401 e. The van der Waals surface area contributed by atoms with E-state index < -0.39 is 5.91 Å². The Morgan fingerprint density at radius 1 is 1.64 bits per heavy atom. The molecule has 0 unspecified atom stereocenters. The number of likely N-dealkylation sites (N-methyl/N-ethyl adjacent to an activating group) is 1. The van der Waals surface area contributed by atoms with Gasteiger partial charge in [-0.05, 0) is 7.05 Å². The van der Waals surface area contributed by atoms with Crippen LogP contribution in [-0.2, 0) is 4.79 Å². The number of amides is 1. The van der Waals surface area contributed by atoms with E-state index in [9.17, 15) is 4.79 Å². The number of carbonyl (C=O) groups is 1. The van der Waals surface area contributed by atoms with E-state index in [1.165, 1.54) is 6.08 Å². The Kier molecular flexibility index (Phi) is 3.90. The summed E-state index contributed by atoms with van der Waals surface area (Å²) in [6.07, 6.45) is 1.35. The van der Waals surface area contributed by atoms with E-state index in [0.29, 0.717) is 12.2 Å². The standard InChI is InChI=1S/C6H12N4O/c1-10-3-4(7)2-5(8)6(9)11/h2,8,10H,3,7H2,1H3,(H2,9,11)/p+1. The zero-order chi connectivity index (χ0) is 8.85. The van der Waals surface area contributed by atoms with E-state index in [1.54, 1.807) is 7.05 Å². The Hall–Kier alpha value is -1.36. The van der Waals surface area contributed by atoms with Gasteiger partial charge in [-0.25, -0.2) is 5.41 Å². The van der Waals surface area contributed by atoms with Gasteiger partial charge in [0.1, 0.15) is 0 Å². The third kappa shape index (κ3) is 4.10. The molecule has 0 spiro atoms. The van der Waals surface area contributed by atoms with Crippen LogP contribution in [-0.4, -0.2) is 25.2 Å². The predicted molar refractivity (Wildman–Crippen MR) is 42.3 cm³/mol. The van der Waals surface area contributed by atoms with Crippen molar-refractivity contribution in [2.24, 2.45) is 11.5 Å². The van der Waals surface area contributed by atoms with Crippen molar-refractivity contribution in [3.8, 4) is 0 Å². The van der Waals surface area contributed by atoms with Crippen molar-refractivity contribution in [3.63, 3.8) is 0 Å². The number of hydrogen-bond donors (Lipinski definition) is 4. The van der Waals surface area contributed by atoms with Crippen molar-refractivity contribution in [1.82, 2.24) is 5.32 Å². The van der Waals surface area contributed by atoms with Crippen LogP contribution in [0.1, 0.15) is 0 Å². The summed E-state index contributed by atoms with van der Waals surface area (Å²) in [4.78, 5) is 10.4. The lowest BCUT2D eigenvalue weighted by Gasteiger charge is -1.96. The minimum Gasteiger partial charge on any atom is -0.401 e.